The van der Waals surface area contributed by atoms with Crippen LogP contribution >= 0.6 is 0 Å². The number of aromatic nitrogens is 2. The molecule has 2 bridgehead atoms. The van der Waals surface area contributed by atoms with E-state index in [9.17, 15) is 9.18 Å². The molecule has 6 rings (SSSR count). The molecule has 162 valence electrons. The Morgan fingerprint density at radius 1 is 1.06 bits per heavy atom. The summed E-state index contributed by atoms with van der Waals surface area (Å²) in [6.45, 7) is 1.85. The van der Waals surface area contributed by atoms with Crippen LogP contribution in [0.3, 0.4) is 0 Å². The van der Waals surface area contributed by atoms with Gasteiger partial charge in [-0.1, -0.05) is 12.1 Å². The molecule has 4 aliphatic rings. The summed E-state index contributed by atoms with van der Waals surface area (Å²) in [5.41, 5.74) is 2.15. The molecule has 4 atom stereocenters. The van der Waals surface area contributed by atoms with Gasteiger partial charge < -0.3 is 9.80 Å². The lowest BCUT2D eigenvalue weighted by Crippen LogP contribution is -2.65. The third kappa shape index (κ3) is 3.60. The highest BCUT2D eigenvalue weighted by Gasteiger charge is 2.49. The van der Waals surface area contributed by atoms with Crippen LogP contribution in [0.15, 0.2) is 36.7 Å². The van der Waals surface area contributed by atoms with Gasteiger partial charge in [-0.05, 0) is 68.1 Å². The molecule has 3 saturated heterocycles. The topological polar surface area (TPSA) is 49.3 Å². The van der Waals surface area contributed by atoms with Crippen LogP contribution in [0.25, 0.3) is 0 Å². The van der Waals surface area contributed by atoms with E-state index in [-0.39, 0.29) is 11.9 Å². The molecule has 31 heavy (non-hydrogen) atoms. The first kappa shape index (κ1) is 19.2. The number of hydrogen-bond acceptors (Lipinski definition) is 4. The Morgan fingerprint density at radius 3 is 2.77 bits per heavy atom. The molecule has 0 radical (unpaired) electrons. The molecule has 0 spiro atoms. The van der Waals surface area contributed by atoms with E-state index in [4.69, 9.17) is 0 Å². The fourth-order valence-corrected chi connectivity index (χ4v) is 6.27. The molecule has 1 saturated carbocycles. The van der Waals surface area contributed by atoms with E-state index in [1.807, 2.05) is 6.07 Å². The lowest BCUT2D eigenvalue weighted by atomic mass is 9.70. The quantitative estimate of drug-likeness (QED) is 0.752. The molecular formula is C25H29FN4O. The van der Waals surface area contributed by atoms with Crippen LogP contribution in [-0.4, -0.2) is 45.9 Å². The number of carbonyl (C=O) groups is 1. The van der Waals surface area contributed by atoms with E-state index in [2.05, 4.69) is 25.8 Å². The van der Waals surface area contributed by atoms with Crippen LogP contribution in [-0.2, 0) is 11.2 Å². The number of amides is 1. The highest BCUT2D eigenvalue weighted by atomic mass is 19.1. The summed E-state index contributed by atoms with van der Waals surface area (Å²) in [5.74, 6) is 2.58. The number of nitrogens with zero attached hydrogens (tertiary/aromatic N) is 4. The molecule has 2 aromatic rings. The van der Waals surface area contributed by atoms with Crippen LogP contribution < -0.4 is 4.90 Å². The SMILES string of the molecule is O=C1CCC[C@H]2[C@@H]3C[C@@H](CN(c4cc(C5CC5)ncn4)C3)[C@H](Cc3cccc(F)c3)N12. The molecular weight excluding hydrogens is 391 g/mol. The second-order valence-corrected chi connectivity index (χ2v) is 9.90. The van der Waals surface area contributed by atoms with E-state index < -0.39 is 0 Å². The summed E-state index contributed by atoms with van der Waals surface area (Å²) >= 11 is 0. The van der Waals surface area contributed by atoms with Gasteiger partial charge in [0.15, 0.2) is 0 Å². The molecule has 3 aliphatic heterocycles. The first-order valence-electron chi connectivity index (χ1n) is 11.8. The third-order valence-electron chi connectivity index (χ3n) is 7.82. The molecule has 1 aromatic carbocycles. The van der Waals surface area contributed by atoms with Crippen molar-refractivity contribution in [1.82, 2.24) is 14.9 Å². The Balaban J connectivity index is 1.31. The molecule has 0 N–H and O–H groups in total. The van der Waals surface area contributed by atoms with Crippen molar-refractivity contribution in [3.63, 3.8) is 0 Å². The Bertz CT molecular complexity index is 993. The molecule has 1 aromatic heterocycles. The van der Waals surface area contributed by atoms with Crippen molar-refractivity contribution >= 4 is 11.7 Å². The van der Waals surface area contributed by atoms with Crippen molar-refractivity contribution in [3.8, 4) is 0 Å². The summed E-state index contributed by atoms with van der Waals surface area (Å²) in [7, 11) is 0. The fourth-order valence-electron chi connectivity index (χ4n) is 6.27. The number of hydrogen-bond donors (Lipinski definition) is 0. The van der Waals surface area contributed by atoms with E-state index in [1.54, 1.807) is 18.5 Å². The lowest BCUT2D eigenvalue weighted by molar-refractivity contribution is -0.148. The molecule has 0 unspecified atom stereocenters. The Labute approximate surface area is 182 Å². The van der Waals surface area contributed by atoms with Crippen molar-refractivity contribution in [2.45, 2.75) is 62.9 Å². The van der Waals surface area contributed by atoms with Gasteiger partial charge in [-0.2, -0.15) is 0 Å². The van der Waals surface area contributed by atoms with Crippen molar-refractivity contribution in [3.05, 3.63) is 53.7 Å². The number of benzene rings is 1. The number of rotatable bonds is 4. The Morgan fingerprint density at radius 2 is 1.94 bits per heavy atom. The van der Waals surface area contributed by atoms with Crippen LogP contribution in [0.2, 0.25) is 0 Å². The van der Waals surface area contributed by atoms with Crippen LogP contribution in [0, 0.1) is 17.7 Å². The molecule has 1 amide bonds. The number of anilines is 1. The number of fused-ring (bicyclic) bond motifs is 4. The maximum absolute atomic E-state index is 13.9. The predicted octanol–water partition coefficient (Wildman–Crippen LogP) is 3.94. The normalized spacial score (nSPS) is 30.3. The Hall–Kier alpha value is -2.50. The number of halogens is 1. The van der Waals surface area contributed by atoms with Gasteiger partial charge in [-0.15, -0.1) is 0 Å². The van der Waals surface area contributed by atoms with Gasteiger partial charge in [0.2, 0.25) is 5.91 Å². The van der Waals surface area contributed by atoms with Gasteiger partial charge in [0.05, 0.1) is 0 Å². The van der Waals surface area contributed by atoms with Crippen molar-refractivity contribution in [2.75, 3.05) is 18.0 Å². The van der Waals surface area contributed by atoms with Gasteiger partial charge >= 0.3 is 0 Å². The fraction of sp³-hybridized carbons (Fsp3) is 0.560. The first-order valence-corrected chi connectivity index (χ1v) is 11.8. The summed E-state index contributed by atoms with van der Waals surface area (Å²) in [6, 6.07) is 9.49. The average molecular weight is 421 g/mol. The zero-order chi connectivity index (χ0) is 20.9. The lowest BCUT2D eigenvalue weighted by Gasteiger charge is -2.57. The predicted molar refractivity (Wildman–Crippen MR) is 116 cm³/mol. The smallest absolute Gasteiger partial charge is 0.223 e. The standard InChI is InChI=1S/C25H29FN4O/c26-20-4-1-3-16(9-20)10-23-19-11-18(22-5-2-6-25(31)30(22)23)13-29(14-19)24-12-21(17-7-8-17)27-15-28-24/h1,3-4,9,12,15,17-19,22-23H,2,5-8,10-11,13-14H2/t18-,19+,22+,23+/m1/s1. The Kier molecular flexibility index (Phi) is 4.69. The largest absolute Gasteiger partial charge is 0.356 e. The van der Waals surface area contributed by atoms with Gasteiger partial charge in [-0.25, -0.2) is 14.4 Å². The molecule has 6 heteroatoms. The van der Waals surface area contributed by atoms with Crippen LogP contribution in [0.5, 0.6) is 0 Å². The van der Waals surface area contributed by atoms with Gasteiger partial charge in [0, 0.05) is 49.3 Å². The molecule has 4 heterocycles. The zero-order valence-electron chi connectivity index (χ0n) is 17.8. The average Bonchev–Trinajstić information content (AvgIpc) is 3.62. The van der Waals surface area contributed by atoms with Crippen LogP contribution in [0.4, 0.5) is 10.2 Å². The monoisotopic (exact) mass is 420 g/mol. The second-order valence-electron chi connectivity index (χ2n) is 9.90. The van der Waals surface area contributed by atoms with Gasteiger partial charge in [0.25, 0.3) is 0 Å². The first-order chi connectivity index (χ1) is 15.2. The highest BCUT2D eigenvalue weighted by Crippen LogP contribution is 2.44. The van der Waals surface area contributed by atoms with Crippen molar-refractivity contribution in [1.29, 1.82) is 0 Å². The minimum atomic E-state index is -0.202. The molecule has 4 fully saturated rings. The van der Waals surface area contributed by atoms with Crippen LogP contribution in [0.1, 0.15) is 55.7 Å². The summed E-state index contributed by atoms with van der Waals surface area (Å²) in [5, 5.41) is 0. The molecule has 1 aliphatic carbocycles. The van der Waals surface area contributed by atoms with E-state index >= 15 is 0 Å². The maximum atomic E-state index is 13.9. The highest BCUT2D eigenvalue weighted by molar-refractivity contribution is 5.78. The maximum Gasteiger partial charge on any atom is 0.223 e. The number of piperidine rings is 3. The minimum Gasteiger partial charge on any atom is -0.356 e. The summed E-state index contributed by atoms with van der Waals surface area (Å²) in [4.78, 5) is 26.8. The van der Waals surface area contributed by atoms with Gasteiger partial charge in [0.1, 0.15) is 18.0 Å². The third-order valence-corrected chi connectivity index (χ3v) is 7.82. The number of carbonyl (C=O) groups excluding carboxylic acids is 1. The summed E-state index contributed by atoms with van der Waals surface area (Å²) in [6.07, 6.45) is 8.76. The van der Waals surface area contributed by atoms with E-state index in [0.717, 1.165) is 50.2 Å². The molecule has 5 nitrogen and oxygen atoms in total. The zero-order valence-corrected chi connectivity index (χ0v) is 17.8. The second kappa shape index (κ2) is 7.57. The van der Waals surface area contributed by atoms with E-state index in [1.165, 1.54) is 24.6 Å². The minimum absolute atomic E-state index is 0.128. The van der Waals surface area contributed by atoms with E-state index in [0.29, 0.717) is 36.1 Å². The summed E-state index contributed by atoms with van der Waals surface area (Å²) < 4.78 is 13.9. The van der Waals surface area contributed by atoms with Crippen molar-refractivity contribution < 1.29 is 9.18 Å². The van der Waals surface area contributed by atoms with Gasteiger partial charge in [-0.3, -0.25) is 4.79 Å². The van der Waals surface area contributed by atoms with Crippen molar-refractivity contribution in [2.24, 2.45) is 11.8 Å².